The molecule has 0 saturated heterocycles. The van der Waals surface area contributed by atoms with E-state index in [2.05, 4.69) is 5.32 Å². The van der Waals surface area contributed by atoms with Crippen LogP contribution in [-0.2, 0) is 21.2 Å². The van der Waals surface area contributed by atoms with Crippen LogP contribution < -0.4 is 5.32 Å². The van der Waals surface area contributed by atoms with Crippen molar-refractivity contribution >= 4 is 45.2 Å². The molecule has 2 N–H and O–H groups in total. The third-order valence-corrected chi connectivity index (χ3v) is 6.99. The SMILES string of the molecule is CN1C(C(=O)N[C@H](CO)Cc2ccccc2)=Cc2cc(Cl)c(Cl)cc2S1(=O)=O. The zero-order valence-corrected chi connectivity index (χ0v) is 17.2. The third kappa shape index (κ3) is 4.03. The average Bonchev–Trinajstić information content (AvgIpc) is 2.67. The number of sulfonamides is 1. The second-order valence-corrected chi connectivity index (χ2v) is 9.10. The molecule has 9 heteroatoms. The van der Waals surface area contributed by atoms with Gasteiger partial charge in [0.1, 0.15) is 5.70 Å². The number of hydrogen-bond donors (Lipinski definition) is 2. The van der Waals surface area contributed by atoms with Gasteiger partial charge < -0.3 is 10.4 Å². The lowest BCUT2D eigenvalue weighted by Crippen LogP contribution is -2.44. The van der Waals surface area contributed by atoms with E-state index in [4.69, 9.17) is 23.2 Å². The largest absolute Gasteiger partial charge is 0.394 e. The van der Waals surface area contributed by atoms with Gasteiger partial charge in [0.05, 0.1) is 27.6 Å². The number of nitrogens with one attached hydrogen (secondary N) is 1. The minimum atomic E-state index is -3.96. The highest BCUT2D eigenvalue weighted by atomic mass is 35.5. The van der Waals surface area contributed by atoms with Crippen molar-refractivity contribution in [2.24, 2.45) is 0 Å². The van der Waals surface area contributed by atoms with E-state index in [1.165, 1.54) is 25.3 Å². The van der Waals surface area contributed by atoms with Crippen LogP contribution in [-0.4, -0.2) is 43.4 Å². The van der Waals surface area contributed by atoms with Crippen molar-refractivity contribution in [3.8, 4) is 0 Å². The molecule has 0 spiro atoms. The molecule has 0 saturated carbocycles. The van der Waals surface area contributed by atoms with Gasteiger partial charge in [0.2, 0.25) is 0 Å². The van der Waals surface area contributed by atoms with Crippen molar-refractivity contribution in [3.05, 3.63) is 69.3 Å². The Bertz CT molecular complexity index is 1040. The van der Waals surface area contributed by atoms with Gasteiger partial charge in [0.15, 0.2) is 0 Å². The standard InChI is InChI=1S/C19H18Cl2N2O4S/c1-23-17(9-13-8-15(20)16(21)10-18(13)28(23,26)27)19(25)22-14(11-24)7-12-5-3-2-4-6-12/h2-6,8-10,14,24H,7,11H2,1H3,(H,22,25)/t14-/m0/s1. The molecule has 148 valence electrons. The fourth-order valence-corrected chi connectivity index (χ4v) is 4.70. The van der Waals surface area contributed by atoms with Gasteiger partial charge in [0.25, 0.3) is 15.9 Å². The Labute approximate surface area is 173 Å². The van der Waals surface area contributed by atoms with Gasteiger partial charge in [-0.2, -0.15) is 0 Å². The van der Waals surface area contributed by atoms with E-state index in [0.717, 1.165) is 9.87 Å². The first-order chi connectivity index (χ1) is 13.2. The minimum absolute atomic E-state index is 0.0241. The Balaban J connectivity index is 1.90. The second kappa shape index (κ2) is 8.13. The first-order valence-electron chi connectivity index (χ1n) is 8.39. The molecule has 1 amide bonds. The van der Waals surface area contributed by atoms with E-state index in [1.54, 1.807) is 0 Å². The maximum absolute atomic E-state index is 12.8. The Hall–Kier alpha value is -2.06. The van der Waals surface area contributed by atoms with Crippen molar-refractivity contribution in [2.75, 3.05) is 13.7 Å². The van der Waals surface area contributed by atoms with Gasteiger partial charge in [0, 0.05) is 7.05 Å². The quantitative estimate of drug-likeness (QED) is 0.747. The third-order valence-electron chi connectivity index (χ3n) is 4.44. The predicted octanol–water partition coefficient (Wildman–Crippen LogP) is 2.69. The number of likely N-dealkylation sites (N-methyl/N-ethyl adjacent to an activating group) is 1. The summed E-state index contributed by atoms with van der Waals surface area (Å²) >= 11 is 11.9. The highest BCUT2D eigenvalue weighted by Crippen LogP contribution is 2.35. The van der Waals surface area contributed by atoms with Crippen molar-refractivity contribution in [3.63, 3.8) is 0 Å². The van der Waals surface area contributed by atoms with E-state index >= 15 is 0 Å². The van der Waals surface area contributed by atoms with Crippen LogP contribution in [0.5, 0.6) is 0 Å². The molecule has 3 rings (SSSR count). The first-order valence-corrected chi connectivity index (χ1v) is 10.6. The summed E-state index contributed by atoms with van der Waals surface area (Å²) < 4.78 is 26.5. The van der Waals surface area contributed by atoms with Crippen LogP contribution in [0, 0.1) is 0 Å². The Kier molecular flexibility index (Phi) is 6.00. The zero-order valence-electron chi connectivity index (χ0n) is 14.9. The van der Waals surface area contributed by atoms with Gasteiger partial charge >= 0.3 is 0 Å². The number of aliphatic hydroxyl groups excluding tert-OH is 1. The zero-order chi connectivity index (χ0) is 20.5. The van der Waals surface area contributed by atoms with Crippen LogP contribution in [0.15, 0.2) is 53.1 Å². The molecule has 0 fully saturated rings. The summed E-state index contributed by atoms with van der Waals surface area (Å²) in [5.74, 6) is -0.613. The second-order valence-electron chi connectivity index (χ2n) is 6.35. The summed E-state index contributed by atoms with van der Waals surface area (Å²) in [5, 5.41) is 12.6. The van der Waals surface area contributed by atoms with Crippen molar-refractivity contribution in [1.82, 2.24) is 9.62 Å². The Morgan fingerprint density at radius 2 is 1.82 bits per heavy atom. The normalized spacial score (nSPS) is 16.1. The number of carbonyl (C=O) groups is 1. The summed E-state index contributed by atoms with van der Waals surface area (Å²) in [6.07, 6.45) is 1.84. The predicted molar refractivity (Wildman–Crippen MR) is 109 cm³/mol. The smallest absolute Gasteiger partial charge is 0.268 e. The molecular weight excluding hydrogens is 423 g/mol. The van der Waals surface area contributed by atoms with Crippen molar-refractivity contribution in [2.45, 2.75) is 17.4 Å². The number of carbonyl (C=O) groups excluding carboxylic acids is 1. The van der Waals surface area contributed by atoms with E-state index < -0.39 is 22.0 Å². The van der Waals surface area contributed by atoms with Crippen LogP contribution in [0.2, 0.25) is 10.0 Å². The molecule has 0 radical (unpaired) electrons. The molecule has 0 aromatic heterocycles. The molecule has 1 aliphatic heterocycles. The lowest BCUT2D eigenvalue weighted by Gasteiger charge is -2.28. The van der Waals surface area contributed by atoms with Gasteiger partial charge in [-0.25, -0.2) is 8.42 Å². The molecule has 6 nitrogen and oxygen atoms in total. The van der Waals surface area contributed by atoms with E-state index in [9.17, 15) is 18.3 Å². The van der Waals surface area contributed by atoms with E-state index in [1.807, 2.05) is 30.3 Å². The number of nitrogens with zero attached hydrogens (tertiary/aromatic N) is 1. The highest BCUT2D eigenvalue weighted by molar-refractivity contribution is 7.89. The highest BCUT2D eigenvalue weighted by Gasteiger charge is 2.34. The number of rotatable bonds is 5. The molecule has 0 bridgehead atoms. The van der Waals surface area contributed by atoms with Crippen LogP contribution in [0.4, 0.5) is 0 Å². The van der Waals surface area contributed by atoms with Crippen LogP contribution in [0.25, 0.3) is 6.08 Å². The topological polar surface area (TPSA) is 86.7 Å². The molecule has 1 aliphatic rings. The molecule has 2 aromatic carbocycles. The molecule has 1 atom stereocenters. The fraction of sp³-hybridized carbons (Fsp3) is 0.211. The fourth-order valence-electron chi connectivity index (χ4n) is 2.92. The lowest BCUT2D eigenvalue weighted by atomic mass is 10.1. The molecule has 2 aromatic rings. The number of aliphatic hydroxyl groups is 1. The van der Waals surface area contributed by atoms with Gasteiger partial charge in [-0.3, -0.25) is 9.10 Å². The van der Waals surface area contributed by atoms with Crippen molar-refractivity contribution < 1.29 is 18.3 Å². The summed E-state index contributed by atoms with van der Waals surface area (Å²) in [6, 6.07) is 11.5. The molecule has 1 heterocycles. The molecule has 28 heavy (non-hydrogen) atoms. The van der Waals surface area contributed by atoms with Gasteiger partial charge in [-0.1, -0.05) is 53.5 Å². The summed E-state index contributed by atoms with van der Waals surface area (Å²) in [7, 11) is -2.67. The summed E-state index contributed by atoms with van der Waals surface area (Å²) in [6.45, 7) is -0.289. The van der Waals surface area contributed by atoms with Gasteiger partial charge in [-0.05, 0) is 35.8 Å². The number of halogens is 2. The number of benzene rings is 2. The summed E-state index contributed by atoms with van der Waals surface area (Å²) in [5.41, 5.74) is 1.14. The van der Waals surface area contributed by atoms with Crippen LogP contribution >= 0.6 is 23.2 Å². The molecular formula is C19H18Cl2N2O4S. The Morgan fingerprint density at radius 3 is 2.46 bits per heavy atom. The number of hydrogen-bond acceptors (Lipinski definition) is 4. The minimum Gasteiger partial charge on any atom is -0.394 e. The van der Waals surface area contributed by atoms with E-state index in [0.29, 0.717) is 6.42 Å². The molecule has 0 unspecified atom stereocenters. The average molecular weight is 441 g/mol. The first kappa shape index (κ1) is 20.7. The van der Waals surface area contributed by atoms with E-state index in [-0.39, 0.29) is 32.8 Å². The number of fused-ring (bicyclic) bond motifs is 1. The van der Waals surface area contributed by atoms with Crippen molar-refractivity contribution in [1.29, 1.82) is 0 Å². The lowest BCUT2D eigenvalue weighted by molar-refractivity contribution is -0.119. The van der Waals surface area contributed by atoms with Crippen LogP contribution in [0.1, 0.15) is 11.1 Å². The maximum atomic E-state index is 12.8. The van der Waals surface area contributed by atoms with Crippen LogP contribution in [0.3, 0.4) is 0 Å². The van der Waals surface area contributed by atoms with Gasteiger partial charge in [-0.15, -0.1) is 0 Å². The number of amides is 1. The molecule has 0 aliphatic carbocycles. The maximum Gasteiger partial charge on any atom is 0.268 e. The summed E-state index contributed by atoms with van der Waals surface area (Å²) in [4.78, 5) is 12.7. The Morgan fingerprint density at radius 1 is 1.18 bits per heavy atom. The monoisotopic (exact) mass is 440 g/mol.